The van der Waals surface area contributed by atoms with E-state index >= 15 is 0 Å². The molecule has 0 radical (unpaired) electrons. The van der Waals surface area contributed by atoms with E-state index in [2.05, 4.69) is 54.7 Å². The van der Waals surface area contributed by atoms with Crippen LogP contribution in [0.1, 0.15) is 22.7 Å². The fraction of sp³-hybridized carbons (Fsp3) is 0.429. The molecule has 0 amide bonds. The molecule has 1 N–H and O–H groups in total. The Kier molecular flexibility index (Phi) is 2.67. The number of nitrogens with zero attached hydrogens (tertiary/aromatic N) is 3. The molecule has 3 rings (SSSR count). The maximum absolute atomic E-state index is 4.33. The van der Waals surface area contributed by atoms with Crippen molar-refractivity contribution in [2.24, 2.45) is 0 Å². The van der Waals surface area contributed by atoms with Crippen LogP contribution < -0.4 is 5.32 Å². The van der Waals surface area contributed by atoms with Gasteiger partial charge in [-0.2, -0.15) is 0 Å². The van der Waals surface area contributed by atoms with Crippen molar-refractivity contribution in [2.45, 2.75) is 26.8 Å². The predicted molar refractivity (Wildman–Crippen MR) is 71.6 cm³/mol. The van der Waals surface area contributed by atoms with Crippen molar-refractivity contribution in [1.29, 1.82) is 0 Å². The third-order valence-electron chi connectivity index (χ3n) is 3.58. The van der Waals surface area contributed by atoms with Gasteiger partial charge in [0.05, 0.1) is 12.2 Å². The largest absolute Gasteiger partial charge is 0.312 e. The second-order valence-electron chi connectivity index (χ2n) is 5.17. The standard InChI is InChI=1S/C14H18N4/c1-9-4-10(2)14(11(3)5-9)13-8-18(17-16-13)12-6-15-7-12/h4-5,8,12,15H,6-7H2,1-3H3. The van der Waals surface area contributed by atoms with E-state index in [1.54, 1.807) is 0 Å². The third-order valence-corrected chi connectivity index (χ3v) is 3.58. The second kappa shape index (κ2) is 4.21. The molecule has 0 aliphatic carbocycles. The highest BCUT2D eigenvalue weighted by Gasteiger charge is 2.21. The van der Waals surface area contributed by atoms with Gasteiger partial charge in [-0.15, -0.1) is 5.10 Å². The van der Waals surface area contributed by atoms with Crippen LogP contribution in [0.2, 0.25) is 0 Å². The molecule has 1 saturated heterocycles. The van der Waals surface area contributed by atoms with Crippen molar-refractivity contribution in [2.75, 3.05) is 13.1 Å². The van der Waals surface area contributed by atoms with Gasteiger partial charge in [0.15, 0.2) is 0 Å². The molecule has 0 unspecified atom stereocenters. The Morgan fingerprint density at radius 1 is 1.17 bits per heavy atom. The zero-order valence-corrected chi connectivity index (χ0v) is 11.1. The van der Waals surface area contributed by atoms with Gasteiger partial charge in [-0.05, 0) is 31.9 Å². The van der Waals surface area contributed by atoms with Crippen LogP contribution in [0, 0.1) is 20.8 Å². The molecular formula is C14H18N4. The topological polar surface area (TPSA) is 42.7 Å². The molecule has 4 nitrogen and oxygen atoms in total. The van der Waals surface area contributed by atoms with Crippen LogP contribution in [-0.2, 0) is 0 Å². The van der Waals surface area contributed by atoms with E-state index in [4.69, 9.17) is 0 Å². The van der Waals surface area contributed by atoms with Crippen LogP contribution in [0.3, 0.4) is 0 Å². The zero-order chi connectivity index (χ0) is 12.7. The molecule has 1 aromatic heterocycles. The summed E-state index contributed by atoms with van der Waals surface area (Å²) in [5.41, 5.74) is 6.04. The first kappa shape index (κ1) is 11.4. The van der Waals surface area contributed by atoms with Gasteiger partial charge >= 0.3 is 0 Å². The number of aryl methyl sites for hydroxylation is 3. The summed E-state index contributed by atoms with van der Waals surface area (Å²) in [7, 11) is 0. The lowest BCUT2D eigenvalue weighted by molar-refractivity contribution is 0.313. The molecule has 0 saturated carbocycles. The SMILES string of the molecule is Cc1cc(C)c(-c2cn(C3CNC3)nn2)c(C)c1. The van der Waals surface area contributed by atoms with Gasteiger partial charge in [0.1, 0.15) is 5.69 Å². The third kappa shape index (κ3) is 1.82. The Hall–Kier alpha value is -1.68. The highest BCUT2D eigenvalue weighted by Crippen LogP contribution is 2.27. The minimum absolute atomic E-state index is 0.470. The summed E-state index contributed by atoms with van der Waals surface area (Å²) in [5, 5.41) is 11.8. The molecule has 1 aliphatic heterocycles. The summed E-state index contributed by atoms with van der Waals surface area (Å²) in [5.74, 6) is 0. The van der Waals surface area contributed by atoms with Gasteiger partial charge in [0.25, 0.3) is 0 Å². The average molecular weight is 242 g/mol. The molecular weight excluding hydrogens is 224 g/mol. The van der Waals surface area contributed by atoms with Crippen LogP contribution >= 0.6 is 0 Å². The Morgan fingerprint density at radius 2 is 1.83 bits per heavy atom. The molecule has 0 atom stereocenters. The van der Waals surface area contributed by atoms with E-state index in [-0.39, 0.29) is 0 Å². The maximum atomic E-state index is 4.33. The minimum atomic E-state index is 0.470. The monoisotopic (exact) mass is 242 g/mol. The summed E-state index contributed by atoms with van der Waals surface area (Å²) < 4.78 is 1.98. The quantitative estimate of drug-likeness (QED) is 0.876. The molecule has 1 aromatic carbocycles. The lowest BCUT2D eigenvalue weighted by atomic mass is 9.98. The molecule has 4 heteroatoms. The van der Waals surface area contributed by atoms with Crippen LogP contribution in [-0.4, -0.2) is 28.1 Å². The minimum Gasteiger partial charge on any atom is -0.312 e. The number of nitrogens with one attached hydrogen (secondary N) is 1. The number of aromatic nitrogens is 3. The van der Waals surface area contributed by atoms with Crippen LogP contribution in [0.15, 0.2) is 18.3 Å². The Morgan fingerprint density at radius 3 is 2.39 bits per heavy atom. The summed E-state index contributed by atoms with van der Waals surface area (Å²) in [6, 6.07) is 4.87. The summed E-state index contributed by atoms with van der Waals surface area (Å²) in [6.45, 7) is 8.39. The summed E-state index contributed by atoms with van der Waals surface area (Å²) in [6.07, 6.45) is 2.07. The van der Waals surface area contributed by atoms with E-state index in [9.17, 15) is 0 Å². The molecule has 94 valence electrons. The van der Waals surface area contributed by atoms with E-state index < -0.39 is 0 Å². The Labute approximate surface area is 107 Å². The number of benzene rings is 1. The molecule has 2 aromatic rings. The Balaban J connectivity index is 2.01. The van der Waals surface area contributed by atoms with Crippen molar-refractivity contribution < 1.29 is 0 Å². The first-order chi connectivity index (χ1) is 8.65. The molecule has 0 bridgehead atoms. The summed E-state index contributed by atoms with van der Waals surface area (Å²) in [4.78, 5) is 0. The fourth-order valence-electron chi connectivity index (χ4n) is 2.61. The van der Waals surface area contributed by atoms with Gasteiger partial charge in [-0.1, -0.05) is 22.9 Å². The normalized spacial score (nSPS) is 15.7. The van der Waals surface area contributed by atoms with E-state index in [1.807, 2.05) is 4.68 Å². The number of rotatable bonds is 2. The van der Waals surface area contributed by atoms with Crippen LogP contribution in [0.25, 0.3) is 11.3 Å². The zero-order valence-electron chi connectivity index (χ0n) is 11.1. The molecule has 2 heterocycles. The first-order valence-electron chi connectivity index (χ1n) is 6.36. The molecule has 0 spiro atoms. The van der Waals surface area contributed by atoms with E-state index in [0.29, 0.717) is 6.04 Å². The first-order valence-corrected chi connectivity index (χ1v) is 6.36. The van der Waals surface area contributed by atoms with Crippen molar-refractivity contribution in [1.82, 2.24) is 20.3 Å². The lowest BCUT2D eigenvalue weighted by Crippen LogP contribution is -2.43. The maximum Gasteiger partial charge on any atom is 0.113 e. The van der Waals surface area contributed by atoms with Gasteiger partial charge < -0.3 is 5.32 Å². The number of hydrogen-bond acceptors (Lipinski definition) is 3. The van der Waals surface area contributed by atoms with Crippen LogP contribution in [0.4, 0.5) is 0 Å². The summed E-state index contributed by atoms with van der Waals surface area (Å²) >= 11 is 0. The van der Waals surface area contributed by atoms with Crippen molar-refractivity contribution in [3.63, 3.8) is 0 Å². The average Bonchev–Trinajstić information content (AvgIpc) is 2.62. The van der Waals surface area contributed by atoms with Crippen LogP contribution in [0.5, 0.6) is 0 Å². The highest BCUT2D eigenvalue weighted by molar-refractivity contribution is 5.67. The van der Waals surface area contributed by atoms with Crippen molar-refractivity contribution in [3.8, 4) is 11.3 Å². The predicted octanol–water partition coefficient (Wildman–Crippen LogP) is 2.01. The second-order valence-corrected chi connectivity index (χ2v) is 5.17. The van der Waals surface area contributed by atoms with E-state index in [1.165, 1.54) is 22.3 Å². The lowest BCUT2D eigenvalue weighted by Gasteiger charge is -2.26. The molecule has 1 aliphatic rings. The van der Waals surface area contributed by atoms with Crippen molar-refractivity contribution in [3.05, 3.63) is 35.0 Å². The Bertz CT molecular complexity index is 558. The molecule has 1 fully saturated rings. The fourth-order valence-corrected chi connectivity index (χ4v) is 2.61. The smallest absolute Gasteiger partial charge is 0.113 e. The van der Waals surface area contributed by atoms with Gasteiger partial charge in [-0.25, -0.2) is 4.68 Å². The number of hydrogen-bond donors (Lipinski definition) is 1. The van der Waals surface area contributed by atoms with Gasteiger partial charge in [0, 0.05) is 18.7 Å². The highest BCUT2D eigenvalue weighted by atomic mass is 15.4. The van der Waals surface area contributed by atoms with Crippen molar-refractivity contribution >= 4 is 0 Å². The van der Waals surface area contributed by atoms with Gasteiger partial charge in [-0.3, -0.25) is 0 Å². The van der Waals surface area contributed by atoms with Gasteiger partial charge in [0.2, 0.25) is 0 Å². The van der Waals surface area contributed by atoms with E-state index in [0.717, 1.165) is 18.8 Å². The molecule has 18 heavy (non-hydrogen) atoms.